The van der Waals surface area contributed by atoms with Crippen LogP contribution in [0.25, 0.3) is 0 Å². The quantitative estimate of drug-likeness (QED) is 0.695. The Morgan fingerprint density at radius 3 is 2.55 bits per heavy atom. The summed E-state index contributed by atoms with van der Waals surface area (Å²) in [5, 5.41) is 9.21. The third-order valence-corrected chi connectivity index (χ3v) is 4.19. The van der Waals surface area contributed by atoms with Crippen molar-refractivity contribution in [2.45, 2.75) is 37.5 Å². The number of carboxylic acids is 1. The van der Waals surface area contributed by atoms with Crippen LogP contribution < -0.4 is 5.73 Å². The summed E-state index contributed by atoms with van der Waals surface area (Å²) in [4.78, 5) is 27.0. The predicted molar refractivity (Wildman–Crippen MR) is 72.2 cm³/mol. The smallest absolute Gasteiger partial charge is 0.326 e. The van der Waals surface area contributed by atoms with Gasteiger partial charge in [-0.25, -0.2) is 4.79 Å². The van der Waals surface area contributed by atoms with Gasteiger partial charge in [-0.15, -0.1) is 0 Å². The highest BCUT2D eigenvalue weighted by Crippen LogP contribution is 2.21. The zero-order valence-corrected chi connectivity index (χ0v) is 11.8. The molecule has 0 aromatic carbocycles. The van der Waals surface area contributed by atoms with Crippen LogP contribution in [0.3, 0.4) is 0 Å². The van der Waals surface area contributed by atoms with Gasteiger partial charge < -0.3 is 20.5 Å². The van der Waals surface area contributed by atoms with Crippen molar-refractivity contribution in [1.82, 2.24) is 9.80 Å². The van der Waals surface area contributed by atoms with Gasteiger partial charge in [0.25, 0.3) is 0 Å². The van der Waals surface area contributed by atoms with Crippen LogP contribution in [0, 0.1) is 0 Å². The van der Waals surface area contributed by atoms with Gasteiger partial charge in [0.15, 0.2) is 0 Å². The lowest BCUT2D eigenvalue weighted by Gasteiger charge is -2.31. The summed E-state index contributed by atoms with van der Waals surface area (Å²) in [5.74, 6) is -1.09. The van der Waals surface area contributed by atoms with Crippen molar-refractivity contribution in [3.05, 3.63) is 0 Å². The van der Waals surface area contributed by atoms with E-state index in [4.69, 9.17) is 10.5 Å². The monoisotopic (exact) mass is 285 g/mol. The van der Waals surface area contributed by atoms with E-state index in [0.717, 1.165) is 25.9 Å². The molecule has 20 heavy (non-hydrogen) atoms. The Hall–Kier alpha value is -1.18. The fraction of sp³-hybridized carbons (Fsp3) is 0.846. The van der Waals surface area contributed by atoms with Crippen molar-refractivity contribution >= 4 is 11.9 Å². The summed E-state index contributed by atoms with van der Waals surface area (Å²) in [5.41, 5.74) is 5.83. The van der Waals surface area contributed by atoms with Crippen LogP contribution in [-0.2, 0) is 14.3 Å². The SMILES string of the molecule is COC1CC(C(=O)O)N(C(=O)CN2CCC(N)CC2)C1. The van der Waals surface area contributed by atoms with Crippen LogP contribution >= 0.6 is 0 Å². The van der Waals surface area contributed by atoms with Crippen molar-refractivity contribution in [2.24, 2.45) is 5.73 Å². The molecule has 0 radical (unpaired) electrons. The van der Waals surface area contributed by atoms with Crippen molar-refractivity contribution < 1.29 is 19.4 Å². The molecule has 0 aliphatic carbocycles. The molecule has 7 nitrogen and oxygen atoms in total. The fourth-order valence-electron chi connectivity index (χ4n) is 2.87. The molecule has 2 rings (SSSR count). The second-order valence-corrected chi connectivity index (χ2v) is 5.61. The second kappa shape index (κ2) is 6.51. The number of piperidine rings is 1. The summed E-state index contributed by atoms with van der Waals surface area (Å²) in [6, 6.07) is -0.544. The predicted octanol–water partition coefficient (Wildman–Crippen LogP) is -0.890. The molecule has 7 heteroatoms. The maximum atomic E-state index is 12.3. The Morgan fingerprint density at radius 2 is 2.00 bits per heavy atom. The molecule has 0 saturated carbocycles. The standard InChI is InChI=1S/C13H23N3O4/c1-20-10-6-11(13(18)19)16(7-10)12(17)8-15-4-2-9(14)3-5-15/h9-11H,2-8,14H2,1H3,(H,18,19). The van der Waals surface area contributed by atoms with E-state index in [1.807, 2.05) is 4.90 Å². The topological polar surface area (TPSA) is 96.1 Å². The summed E-state index contributed by atoms with van der Waals surface area (Å²) in [6.45, 7) is 2.23. The number of nitrogens with zero attached hydrogens (tertiary/aromatic N) is 2. The molecule has 1 amide bonds. The minimum atomic E-state index is -0.960. The number of ether oxygens (including phenoxy) is 1. The fourth-order valence-corrected chi connectivity index (χ4v) is 2.87. The van der Waals surface area contributed by atoms with Gasteiger partial charge in [-0.3, -0.25) is 9.69 Å². The number of carboxylic acid groups (broad SMARTS) is 1. The molecule has 0 bridgehead atoms. The Kier molecular flexibility index (Phi) is 4.95. The van der Waals surface area contributed by atoms with Gasteiger partial charge in [-0.1, -0.05) is 0 Å². The van der Waals surface area contributed by atoms with Crippen LogP contribution in [0.5, 0.6) is 0 Å². The molecular formula is C13H23N3O4. The van der Waals surface area contributed by atoms with Crippen LogP contribution in [-0.4, -0.2) is 78.3 Å². The Bertz CT molecular complexity index is 369. The van der Waals surface area contributed by atoms with E-state index < -0.39 is 12.0 Å². The number of rotatable bonds is 4. The van der Waals surface area contributed by atoms with Crippen molar-refractivity contribution in [3.63, 3.8) is 0 Å². The lowest BCUT2D eigenvalue weighted by atomic mass is 10.1. The first-order valence-corrected chi connectivity index (χ1v) is 7.04. The van der Waals surface area contributed by atoms with Crippen LogP contribution in [0.15, 0.2) is 0 Å². The normalized spacial score (nSPS) is 28.8. The van der Waals surface area contributed by atoms with E-state index in [1.54, 1.807) is 7.11 Å². The molecule has 0 aromatic rings. The van der Waals surface area contributed by atoms with E-state index in [9.17, 15) is 14.7 Å². The highest BCUT2D eigenvalue weighted by molar-refractivity contribution is 5.85. The van der Waals surface area contributed by atoms with E-state index in [-0.39, 0.29) is 24.6 Å². The van der Waals surface area contributed by atoms with E-state index in [2.05, 4.69) is 0 Å². The number of hydrogen-bond donors (Lipinski definition) is 2. The lowest BCUT2D eigenvalue weighted by molar-refractivity contribution is -0.148. The van der Waals surface area contributed by atoms with Crippen LogP contribution in [0.4, 0.5) is 0 Å². The van der Waals surface area contributed by atoms with E-state index in [0.29, 0.717) is 13.0 Å². The number of amides is 1. The van der Waals surface area contributed by atoms with Crippen LogP contribution in [0.1, 0.15) is 19.3 Å². The molecule has 2 heterocycles. The Morgan fingerprint density at radius 1 is 1.35 bits per heavy atom. The van der Waals surface area contributed by atoms with Crippen LogP contribution in [0.2, 0.25) is 0 Å². The van der Waals surface area contributed by atoms with Crippen molar-refractivity contribution in [3.8, 4) is 0 Å². The molecule has 2 fully saturated rings. The van der Waals surface area contributed by atoms with Gasteiger partial charge in [0.1, 0.15) is 6.04 Å². The largest absolute Gasteiger partial charge is 0.480 e. The zero-order chi connectivity index (χ0) is 14.7. The summed E-state index contributed by atoms with van der Waals surface area (Å²) < 4.78 is 5.19. The molecule has 0 spiro atoms. The first-order valence-electron chi connectivity index (χ1n) is 7.04. The number of carbonyl (C=O) groups excluding carboxylic acids is 1. The van der Waals surface area contributed by atoms with E-state index in [1.165, 1.54) is 4.90 Å². The highest BCUT2D eigenvalue weighted by atomic mass is 16.5. The third kappa shape index (κ3) is 3.47. The second-order valence-electron chi connectivity index (χ2n) is 5.61. The molecule has 0 aromatic heterocycles. The molecule has 2 atom stereocenters. The lowest BCUT2D eigenvalue weighted by Crippen LogP contribution is -2.48. The molecular weight excluding hydrogens is 262 g/mol. The molecule has 3 N–H and O–H groups in total. The first kappa shape index (κ1) is 15.2. The number of methoxy groups -OCH3 is 1. The summed E-state index contributed by atoms with van der Waals surface area (Å²) >= 11 is 0. The zero-order valence-electron chi connectivity index (χ0n) is 11.8. The average Bonchev–Trinajstić information content (AvgIpc) is 2.86. The number of nitrogens with two attached hydrogens (primary N) is 1. The minimum absolute atomic E-state index is 0.132. The van der Waals surface area contributed by atoms with Gasteiger partial charge >= 0.3 is 5.97 Å². The number of hydrogen-bond acceptors (Lipinski definition) is 5. The number of carbonyl (C=O) groups is 2. The molecule has 2 saturated heterocycles. The van der Waals surface area contributed by atoms with Gasteiger partial charge in [0.05, 0.1) is 12.6 Å². The van der Waals surface area contributed by atoms with Crippen molar-refractivity contribution in [2.75, 3.05) is 33.3 Å². The molecule has 2 aliphatic rings. The maximum absolute atomic E-state index is 12.3. The van der Waals surface area contributed by atoms with Gasteiger partial charge in [-0.2, -0.15) is 0 Å². The summed E-state index contributed by atoms with van der Waals surface area (Å²) in [7, 11) is 1.55. The molecule has 2 unspecified atom stereocenters. The Balaban J connectivity index is 1.91. The first-order chi connectivity index (χ1) is 9.51. The van der Waals surface area contributed by atoms with E-state index >= 15 is 0 Å². The van der Waals surface area contributed by atoms with Gasteiger partial charge in [0.2, 0.25) is 5.91 Å². The van der Waals surface area contributed by atoms with Gasteiger partial charge in [-0.05, 0) is 12.8 Å². The average molecular weight is 285 g/mol. The summed E-state index contributed by atoms with van der Waals surface area (Å²) in [6.07, 6.45) is 1.95. The maximum Gasteiger partial charge on any atom is 0.326 e. The number of aliphatic carboxylic acids is 1. The Labute approximate surface area is 118 Å². The number of likely N-dealkylation sites (tertiary alicyclic amines) is 2. The van der Waals surface area contributed by atoms with Gasteiger partial charge in [0, 0.05) is 39.2 Å². The minimum Gasteiger partial charge on any atom is -0.480 e. The molecule has 114 valence electrons. The van der Waals surface area contributed by atoms with Crippen molar-refractivity contribution in [1.29, 1.82) is 0 Å². The molecule has 2 aliphatic heterocycles. The third-order valence-electron chi connectivity index (χ3n) is 4.19. The highest BCUT2D eigenvalue weighted by Gasteiger charge is 2.40.